The van der Waals surface area contributed by atoms with Crippen molar-refractivity contribution in [2.24, 2.45) is 0 Å². The number of imidazole rings is 1. The highest BCUT2D eigenvalue weighted by atomic mass is 16.2. The van der Waals surface area contributed by atoms with Crippen molar-refractivity contribution >= 4 is 17.1 Å². The Morgan fingerprint density at radius 1 is 1.26 bits per heavy atom. The number of fused-ring (bicyclic) bond motifs is 1. The molecule has 23 heavy (non-hydrogen) atoms. The van der Waals surface area contributed by atoms with E-state index in [9.17, 15) is 4.79 Å². The van der Waals surface area contributed by atoms with Crippen LogP contribution in [0, 0.1) is 0 Å². The first-order valence-corrected chi connectivity index (χ1v) is 8.02. The number of amides is 2. The van der Waals surface area contributed by atoms with E-state index >= 15 is 0 Å². The van der Waals surface area contributed by atoms with E-state index in [2.05, 4.69) is 32.6 Å². The standard InChI is InChI=1S/C16H24N6O/c1-13(11-21-9-7-20(2)8-10-21)18-16(23)19-22-12-17-14-5-3-4-6-15(14)22/h3-6,12-13H,7-11H2,1-2H3,(H2,18,19,23)/t13-/m0/s1. The zero-order chi connectivity index (χ0) is 16.2. The van der Waals surface area contributed by atoms with Gasteiger partial charge in [-0.3, -0.25) is 4.90 Å². The highest BCUT2D eigenvalue weighted by Crippen LogP contribution is 2.09. The van der Waals surface area contributed by atoms with Crippen molar-refractivity contribution < 1.29 is 4.79 Å². The Bertz CT molecular complexity index is 661. The molecule has 0 radical (unpaired) electrons. The molecule has 2 heterocycles. The monoisotopic (exact) mass is 316 g/mol. The maximum Gasteiger partial charge on any atom is 0.334 e. The number of hydrogen-bond acceptors (Lipinski definition) is 4. The molecule has 1 fully saturated rings. The molecule has 0 unspecified atom stereocenters. The maximum absolute atomic E-state index is 12.2. The first kappa shape index (κ1) is 15.8. The van der Waals surface area contributed by atoms with E-state index in [1.165, 1.54) is 0 Å². The summed E-state index contributed by atoms with van der Waals surface area (Å²) in [6, 6.07) is 7.58. The number of nitrogens with zero attached hydrogens (tertiary/aromatic N) is 4. The topological polar surface area (TPSA) is 65.4 Å². The molecule has 0 saturated carbocycles. The average molecular weight is 316 g/mol. The van der Waals surface area contributed by atoms with Crippen LogP contribution in [-0.2, 0) is 0 Å². The highest BCUT2D eigenvalue weighted by Gasteiger charge is 2.17. The Balaban J connectivity index is 1.50. The van der Waals surface area contributed by atoms with Crippen molar-refractivity contribution in [3.63, 3.8) is 0 Å². The van der Waals surface area contributed by atoms with Gasteiger partial charge in [0.2, 0.25) is 0 Å². The van der Waals surface area contributed by atoms with Crippen LogP contribution in [0.5, 0.6) is 0 Å². The van der Waals surface area contributed by atoms with Crippen LogP contribution < -0.4 is 10.7 Å². The van der Waals surface area contributed by atoms with E-state index in [0.29, 0.717) is 0 Å². The molecular weight excluding hydrogens is 292 g/mol. The molecule has 7 heteroatoms. The molecule has 0 spiro atoms. The van der Waals surface area contributed by atoms with Crippen LogP contribution in [0.4, 0.5) is 4.79 Å². The van der Waals surface area contributed by atoms with Crippen LogP contribution in [0.3, 0.4) is 0 Å². The molecular formula is C16H24N6O. The Labute approximate surface area is 136 Å². The van der Waals surface area contributed by atoms with E-state index in [1.54, 1.807) is 11.0 Å². The van der Waals surface area contributed by atoms with Gasteiger partial charge in [-0.15, -0.1) is 0 Å². The molecule has 1 aromatic carbocycles. The normalized spacial score (nSPS) is 18.0. The number of piperazine rings is 1. The third-order valence-electron chi connectivity index (χ3n) is 4.18. The molecule has 7 nitrogen and oxygen atoms in total. The summed E-state index contributed by atoms with van der Waals surface area (Å²) in [5.41, 5.74) is 4.56. The number of para-hydroxylation sites is 2. The summed E-state index contributed by atoms with van der Waals surface area (Å²) >= 11 is 0. The molecule has 124 valence electrons. The second-order valence-corrected chi connectivity index (χ2v) is 6.19. The predicted molar refractivity (Wildman–Crippen MR) is 91.0 cm³/mol. The van der Waals surface area contributed by atoms with E-state index < -0.39 is 0 Å². The van der Waals surface area contributed by atoms with Crippen molar-refractivity contribution in [2.75, 3.05) is 45.2 Å². The van der Waals surface area contributed by atoms with Gasteiger partial charge in [-0.05, 0) is 26.1 Å². The lowest BCUT2D eigenvalue weighted by Crippen LogP contribution is -2.50. The number of rotatable bonds is 4. The Kier molecular flexibility index (Phi) is 4.78. The first-order chi connectivity index (χ1) is 11.1. The highest BCUT2D eigenvalue weighted by molar-refractivity contribution is 5.85. The summed E-state index contributed by atoms with van der Waals surface area (Å²) in [5.74, 6) is 0. The van der Waals surface area contributed by atoms with E-state index in [4.69, 9.17) is 0 Å². The fraction of sp³-hybridized carbons (Fsp3) is 0.500. The van der Waals surface area contributed by atoms with Crippen molar-refractivity contribution in [3.05, 3.63) is 30.6 Å². The van der Waals surface area contributed by atoms with Gasteiger partial charge in [0, 0.05) is 38.8 Å². The lowest BCUT2D eigenvalue weighted by atomic mass is 10.2. The van der Waals surface area contributed by atoms with Crippen molar-refractivity contribution in [1.82, 2.24) is 24.8 Å². The molecule has 1 aliphatic heterocycles. The van der Waals surface area contributed by atoms with E-state index in [0.717, 1.165) is 43.8 Å². The van der Waals surface area contributed by atoms with Crippen molar-refractivity contribution in [1.29, 1.82) is 0 Å². The van der Waals surface area contributed by atoms with Crippen LogP contribution in [0.2, 0.25) is 0 Å². The number of benzene rings is 1. The number of urea groups is 1. The van der Waals surface area contributed by atoms with Gasteiger partial charge in [-0.2, -0.15) is 0 Å². The fourth-order valence-corrected chi connectivity index (χ4v) is 2.88. The molecule has 1 aliphatic rings. The zero-order valence-corrected chi connectivity index (χ0v) is 13.7. The van der Waals surface area contributed by atoms with Gasteiger partial charge < -0.3 is 10.2 Å². The number of hydrogen-bond donors (Lipinski definition) is 2. The third kappa shape index (κ3) is 4.00. The molecule has 2 aromatic rings. The van der Waals surface area contributed by atoms with Crippen LogP contribution in [0.25, 0.3) is 11.0 Å². The maximum atomic E-state index is 12.2. The summed E-state index contributed by atoms with van der Waals surface area (Å²) in [7, 11) is 2.14. The summed E-state index contributed by atoms with van der Waals surface area (Å²) in [6.45, 7) is 7.17. The summed E-state index contributed by atoms with van der Waals surface area (Å²) in [4.78, 5) is 21.1. The second-order valence-electron chi connectivity index (χ2n) is 6.19. The minimum Gasteiger partial charge on any atom is -0.333 e. The number of nitrogens with one attached hydrogen (secondary N) is 2. The van der Waals surface area contributed by atoms with Crippen LogP contribution in [-0.4, -0.2) is 71.3 Å². The van der Waals surface area contributed by atoms with Gasteiger partial charge in [0.15, 0.2) is 0 Å². The quantitative estimate of drug-likeness (QED) is 0.880. The van der Waals surface area contributed by atoms with Gasteiger partial charge in [0.1, 0.15) is 6.33 Å². The molecule has 0 aliphatic carbocycles. The lowest BCUT2D eigenvalue weighted by molar-refractivity contribution is 0.145. The number of carbonyl (C=O) groups excluding carboxylic acids is 1. The summed E-state index contributed by atoms with van der Waals surface area (Å²) in [5, 5.41) is 2.99. The molecule has 2 amide bonds. The van der Waals surface area contributed by atoms with Crippen molar-refractivity contribution in [3.8, 4) is 0 Å². The van der Waals surface area contributed by atoms with Crippen LogP contribution in [0.1, 0.15) is 6.92 Å². The van der Waals surface area contributed by atoms with E-state index in [1.807, 2.05) is 31.2 Å². The minimum atomic E-state index is -0.213. The molecule has 0 bridgehead atoms. The summed E-state index contributed by atoms with van der Waals surface area (Å²) in [6.07, 6.45) is 1.62. The Morgan fingerprint density at radius 2 is 2.00 bits per heavy atom. The Morgan fingerprint density at radius 3 is 2.78 bits per heavy atom. The predicted octanol–water partition coefficient (Wildman–Crippen LogP) is 0.925. The third-order valence-corrected chi connectivity index (χ3v) is 4.18. The molecule has 1 atom stereocenters. The van der Waals surface area contributed by atoms with Crippen LogP contribution >= 0.6 is 0 Å². The van der Waals surface area contributed by atoms with Gasteiger partial charge in [-0.1, -0.05) is 12.1 Å². The molecule has 1 saturated heterocycles. The lowest BCUT2D eigenvalue weighted by Gasteiger charge is -2.34. The van der Waals surface area contributed by atoms with Gasteiger partial charge in [-0.25, -0.2) is 19.9 Å². The number of likely N-dealkylation sites (N-methyl/N-ethyl adjacent to an activating group) is 1. The average Bonchev–Trinajstić information content (AvgIpc) is 2.93. The molecule has 1 aromatic heterocycles. The van der Waals surface area contributed by atoms with Gasteiger partial charge >= 0.3 is 6.03 Å². The molecule has 2 N–H and O–H groups in total. The largest absolute Gasteiger partial charge is 0.334 e. The fourth-order valence-electron chi connectivity index (χ4n) is 2.88. The van der Waals surface area contributed by atoms with E-state index in [-0.39, 0.29) is 12.1 Å². The van der Waals surface area contributed by atoms with Crippen LogP contribution in [0.15, 0.2) is 30.6 Å². The Hall–Kier alpha value is -2.12. The molecule has 3 rings (SSSR count). The minimum absolute atomic E-state index is 0.0909. The second kappa shape index (κ2) is 6.97. The number of carbonyl (C=O) groups is 1. The summed E-state index contributed by atoms with van der Waals surface area (Å²) < 4.78 is 1.65. The smallest absolute Gasteiger partial charge is 0.333 e. The zero-order valence-electron chi connectivity index (χ0n) is 13.7. The van der Waals surface area contributed by atoms with Gasteiger partial charge in [0.25, 0.3) is 0 Å². The van der Waals surface area contributed by atoms with Gasteiger partial charge in [0.05, 0.1) is 11.0 Å². The first-order valence-electron chi connectivity index (χ1n) is 8.02. The number of aromatic nitrogens is 2. The SMILES string of the molecule is C[C@@H](CN1CCN(C)CC1)NC(=O)Nn1cnc2ccccc21. The van der Waals surface area contributed by atoms with Crippen molar-refractivity contribution in [2.45, 2.75) is 13.0 Å².